The van der Waals surface area contributed by atoms with Crippen LogP contribution in [-0.2, 0) is 4.74 Å². The van der Waals surface area contributed by atoms with Gasteiger partial charge in [-0.05, 0) is 4.08 Å². The lowest BCUT2D eigenvalue weighted by Crippen LogP contribution is -2.33. The molecule has 0 spiro atoms. The van der Waals surface area contributed by atoms with Crippen LogP contribution in [0.3, 0.4) is 0 Å². The Balaban J connectivity index is 2.43. The van der Waals surface area contributed by atoms with Crippen molar-refractivity contribution in [2.75, 3.05) is 6.61 Å². The lowest BCUT2D eigenvalue weighted by Gasteiger charge is -2.15. The summed E-state index contributed by atoms with van der Waals surface area (Å²) >= 11 is 7.73. The van der Waals surface area contributed by atoms with Gasteiger partial charge in [-0.15, -0.1) is 0 Å². The first-order valence-electron chi connectivity index (χ1n) is 5.70. The Morgan fingerprint density at radius 1 is 1.70 bits per heavy atom. The molecule has 1 aliphatic heterocycles. The summed E-state index contributed by atoms with van der Waals surface area (Å²) in [5.74, 6) is 0. The summed E-state index contributed by atoms with van der Waals surface area (Å²) < 4.78 is 21.3. The third-order valence-corrected chi connectivity index (χ3v) is 4.28. The highest BCUT2D eigenvalue weighted by Crippen LogP contribution is 2.30. The molecule has 2 rings (SSSR count). The molecular weight excluding hydrogens is 405 g/mol. The van der Waals surface area contributed by atoms with Crippen molar-refractivity contribution in [3.05, 3.63) is 36.7 Å². The first-order chi connectivity index (χ1) is 9.47. The van der Waals surface area contributed by atoms with Crippen molar-refractivity contribution in [3.63, 3.8) is 0 Å². The average Bonchev–Trinajstić information content (AvgIpc) is 2.79. The molecule has 0 aliphatic carbocycles. The molecule has 3 atom stereocenters. The molecule has 1 aliphatic rings. The molecule has 1 saturated heterocycles. The minimum atomic E-state index is -1.37. The number of rotatable bonds is 3. The number of aromatic nitrogens is 2. The van der Waals surface area contributed by atoms with Gasteiger partial charge in [-0.2, -0.15) is 0 Å². The molecule has 110 valence electrons. The largest absolute Gasteiger partial charge is 0.394 e. The number of hydrogen-bond donors (Lipinski definition) is 2. The monoisotopic (exact) mass is 416 g/mol. The fourth-order valence-corrected chi connectivity index (χ4v) is 2.42. The minimum Gasteiger partial charge on any atom is -0.394 e. The van der Waals surface area contributed by atoms with Gasteiger partial charge in [0, 0.05) is 12.6 Å². The van der Waals surface area contributed by atoms with E-state index in [4.69, 9.17) is 21.4 Å². The SMILES string of the molecule is O=c1[nH]c(=O)n([C@H]2C[C@H](F)[C@@H](CO)O2)cc1/C(Cl)=C\I. The van der Waals surface area contributed by atoms with Crippen molar-refractivity contribution >= 4 is 39.2 Å². The van der Waals surface area contributed by atoms with Crippen molar-refractivity contribution in [1.29, 1.82) is 0 Å². The molecular formula is C11H11ClFIN2O4. The van der Waals surface area contributed by atoms with E-state index in [9.17, 15) is 14.0 Å². The fourth-order valence-electron chi connectivity index (χ4n) is 1.95. The maximum absolute atomic E-state index is 13.5. The van der Waals surface area contributed by atoms with Crippen LogP contribution < -0.4 is 11.2 Å². The molecule has 2 heterocycles. The number of nitrogens with one attached hydrogen (secondary N) is 1. The Kier molecular flexibility index (Phi) is 4.99. The van der Waals surface area contributed by atoms with Gasteiger partial charge in [0.25, 0.3) is 5.56 Å². The van der Waals surface area contributed by atoms with E-state index in [1.807, 2.05) is 22.6 Å². The quantitative estimate of drug-likeness (QED) is 0.724. The van der Waals surface area contributed by atoms with E-state index in [1.165, 1.54) is 10.3 Å². The van der Waals surface area contributed by atoms with Crippen LogP contribution in [0.25, 0.3) is 5.03 Å². The number of halogens is 3. The Labute approximate surface area is 131 Å². The van der Waals surface area contributed by atoms with E-state index in [1.54, 1.807) is 0 Å². The summed E-state index contributed by atoms with van der Waals surface area (Å²) in [6, 6.07) is 0. The van der Waals surface area contributed by atoms with Crippen molar-refractivity contribution < 1.29 is 14.2 Å². The lowest BCUT2D eigenvalue weighted by molar-refractivity contribution is -0.0356. The standard InChI is InChI=1S/C11H11ClFIN2O4/c12-6(2-14)5-3-16(11(19)15-10(5)18)9-1-7(13)8(4-17)20-9/h2-3,7-9,17H,1,4H2,(H,15,18,19)/b6-2+/t7-,8+,9+/m0/s1. The molecule has 9 heteroatoms. The Hall–Kier alpha value is -0.710. The summed E-state index contributed by atoms with van der Waals surface area (Å²) in [5.41, 5.74) is -1.25. The lowest BCUT2D eigenvalue weighted by atomic mass is 10.2. The molecule has 0 radical (unpaired) electrons. The second kappa shape index (κ2) is 6.37. The number of nitrogens with zero attached hydrogens (tertiary/aromatic N) is 1. The first kappa shape index (κ1) is 15.7. The number of hydrogen-bond acceptors (Lipinski definition) is 4. The Bertz CT molecular complexity index is 644. The third kappa shape index (κ3) is 2.97. The van der Waals surface area contributed by atoms with E-state index >= 15 is 0 Å². The highest BCUT2D eigenvalue weighted by molar-refractivity contribution is 14.1. The van der Waals surface area contributed by atoms with Gasteiger partial charge in [0.05, 0.1) is 17.2 Å². The molecule has 0 aromatic carbocycles. The van der Waals surface area contributed by atoms with Crippen LogP contribution in [0.2, 0.25) is 0 Å². The summed E-state index contributed by atoms with van der Waals surface area (Å²) in [5, 5.41) is 9.12. The fraction of sp³-hybridized carbons (Fsp3) is 0.455. The molecule has 0 unspecified atom stereocenters. The van der Waals surface area contributed by atoms with Gasteiger partial charge in [0.15, 0.2) is 0 Å². The van der Waals surface area contributed by atoms with Crippen LogP contribution >= 0.6 is 34.2 Å². The van der Waals surface area contributed by atoms with E-state index in [0.29, 0.717) is 0 Å². The Morgan fingerprint density at radius 2 is 2.40 bits per heavy atom. The number of aromatic amines is 1. The molecule has 1 aromatic heterocycles. The summed E-state index contributed by atoms with van der Waals surface area (Å²) in [6.45, 7) is -0.475. The van der Waals surface area contributed by atoms with Crippen molar-refractivity contribution in [3.8, 4) is 0 Å². The predicted molar refractivity (Wildman–Crippen MR) is 79.7 cm³/mol. The first-order valence-corrected chi connectivity index (χ1v) is 7.32. The predicted octanol–water partition coefficient (Wildman–Crippen LogP) is 1.13. The van der Waals surface area contributed by atoms with Gasteiger partial charge in [-0.25, -0.2) is 9.18 Å². The topological polar surface area (TPSA) is 84.3 Å². The molecule has 2 N–H and O–H groups in total. The normalized spacial score (nSPS) is 27.0. The molecule has 20 heavy (non-hydrogen) atoms. The van der Waals surface area contributed by atoms with E-state index in [2.05, 4.69) is 4.98 Å². The van der Waals surface area contributed by atoms with Crippen molar-refractivity contribution in [2.45, 2.75) is 24.9 Å². The molecule has 0 amide bonds. The minimum absolute atomic E-state index is 0.0812. The zero-order valence-electron chi connectivity index (χ0n) is 10.1. The van der Waals surface area contributed by atoms with Gasteiger partial charge in [0.2, 0.25) is 0 Å². The maximum Gasteiger partial charge on any atom is 0.330 e. The van der Waals surface area contributed by atoms with Crippen molar-refractivity contribution in [2.24, 2.45) is 0 Å². The van der Waals surface area contributed by atoms with Crippen LogP contribution in [0.15, 0.2) is 19.9 Å². The second-order valence-corrected chi connectivity index (χ2v) is 5.26. The van der Waals surface area contributed by atoms with Gasteiger partial charge in [-0.1, -0.05) is 34.2 Å². The summed E-state index contributed by atoms with van der Waals surface area (Å²) in [4.78, 5) is 25.5. The second-order valence-electron chi connectivity index (χ2n) is 4.23. The molecule has 1 aromatic rings. The molecule has 0 saturated carbocycles. The highest BCUT2D eigenvalue weighted by atomic mass is 127. The van der Waals surface area contributed by atoms with Gasteiger partial charge >= 0.3 is 5.69 Å². The average molecular weight is 417 g/mol. The zero-order chi connectivity index (χ0) is 14.9. The summed E-state index contributed by atoms with van der Waals surface area (Å²) in [7, 11) is 0. The van der Waals surface area contributed by atoms with Crippen LogP contribution in [-0.4, -0.2) is 33.5 Å². The number of ether oxygens (including phenoxy) is 1. The number of aliphatic hydroxyl groups excluding tert-OH is 1. The molecule has 6 nitrogen and oxygen atoms in total. The van der Waals surface area contributed by atoms with Gasteiger partial charge < -0.3 is 9.84 Å². The van der Waals surface area contributed by atoms with Crippen molar-refractivity contribution in [1.82, 2.24) is 9.55 Å². The summed E-state index contributed by atoms with van der Waals surface area (Å²) in [6.07, 6.45) is -2.08. The van der Waals surface area contributed by atoms with Crippen LogP contribution in [0.5, 0.6) is 0 Å². The van der Waals surface area contributed by atoms with Gasteiger partial charge in [0.1, 0.15) is 18.5 Å². The number of alkyl halides is 1. The van der Waals surface area contributed by atoms with Gasteiger partial charge in [-0.3, -0.25) is 14.3 Å². The van der Waals surface area contributed by atoms with Crippen LogP contribution in [0, 0.1) is 0 Å². The molecule has 0 bridgehead atoms. The number of H-pyrrole nitrogens is 1. The smallest absolute Gasteiger partial charge is 0.330 e. The van der Waals surface area contributed by atoms with Crippen LogP contribution in [0.1, 0.15) is 18.2 Å². The third-order valence-electron chi connectivity index (χ3n) is 2.97. The maximum atomic E-state index is 13.5. The zero-order valence-corrected chi connectivity index (χ0v) is 13.0. The van der Waals surface area contributed by atoms with E-state index < -0.39 is 36.4 Å². The number of aliphatic hydroxyl groups is 1. The Morgan fingerprint density at radius 3 is 2.95 bits per heavy atom. The molecule has 1 fully saturated rings. The van der Waals surface area contributed by atoms with E-state index in [0.717, 1.165) is 4.57 Å². The van der Waals surface area contributed by atoms with Crippen LogP contribution in [0.4, 0.5) is 4.39 Å². The van der Waals surface area contributed by atoms with E-state index in [-0.39, 0.29) is 17.0 Å². The highest BCUT2D eigenvalue weighted by Gasteiger charge is 2.36.